The molecule has 1 aromatic rings. The molecule has 1 unspecified atom stereocenters. The first-order chi connectivity index (χ1) is 9.73. The van der Waals surface area contributed by atoms with Crippen LogP contribution in [0.25, 0.3) is 0 Å². The van der Waals surface area contributed by atoms with Crippen molar-refractivity contribution in [1.29, 1.82) is 0 Å². The third-order valence-corrected chi connectivity index (χ3v) is 3.88. The summed E-state index contributed by atoms with van der Waals surface area (Å²) in [4.78, 5) is 2.42. The molecule has 2 N–H and O–H groups in total. The third kappa shape index (κ3) is 2.99. The lowest BCUT2D eigenvalue weighted by Gasteiger charge is -2.24. The number of nitrogens with zero attached hydrogens (tertiary/aromatic N) is 1. The molecule has 0 aromatic heterocycles. The number of ether oxygens (including phenoxy) is 3. The van der Waals surface area contributed by atoms with Crippen molar-refractivity contribution < 1.29 is 14.2 Å². The Morgan fingerprint density at radius 2 is 1.80 bits per heavy atom. The molecule has 1 aliphatic rings. The van der Waals surface area contributed by atoms with Crippen LogP contribution >= 0.6 is 0 Å². The minimum Gasteiger partial charge on any atom is -0.493 e. The topological polar surface area (TPSA) is 57.0 Å². The first kappa shape index (κ1) is 14.9. The Morgan fingerprint density at radius 1 is 1.15 bits per heavy atom. The Kier molecular flexibility index (Phi) is 5.09. The smallest absolute Gasteiger partial charge is 0.203 e. The van der Waals surface area contributed by atoms with Gasteiger partial charge in [0.05, 0.1) is 21.3 Å². The maximum atomic E-state index is 5.82. The number of likely N-dealkylation sites (tertiary alicyclic amines) is 1. The molecule has 1 aliphatic heterocycles. The van der Waals surface area contributed by atoms with Crippen molar-refractivity contribution >= 4 is 0 Å². The number of methoxy groups -OCH3 is 3. The molecule has 5 heteroatoms. The predicted molar refractivity (Wildman–Crippen MR) is 78.6 cm³/mol. The molecule has 0 radical (unpaired) electrons. The maximum absolute atomic E-state index is 5.82. The normalized spacial score (nSPS) is 19.1. The van der Waals surface area contributed by atoms with E-state index in [1.54, 1.807) is 21.3 Å². The zero-order chi connectivity index (χ0) is 14.5. The lowest BCUT2D eigenvalue weighted by atomic mass is 10.1. The minimum atomic E-state index is 0.481. The molecule has 1 fully saturated rings. The fourth-order valence-electron chi connectivity index (χ4n) is 2.83. The number of hydrogen-bond donors (Lipinski definition) is 1. The van der Waals surface area contributed by atoms with E-state index in [0.29, 0.717) is 29.8 Å². The Hall–Kier alpha value is -1.46. The third-order valence-electron chi connectivity index (χ3n) is 3.88. The molecule has 1 heterocycles. The summed E-state index contributed by atoms with van der Waals surface area (Å²) in [5.74, 6) is 2.03. The second-order valence-corrected chi connectivity index (χ2v) is 5.04. The Morgan fingerprint density at radius 3 is 2.30 bits per heavy atom. The van der Waals surface area contributed by atoms with Crippen molar-refractivity contribution in [2.75, 3.05) is 34.4 Å². The van der Waals surface area contributed by atoms with Crippen LogP contribution in [0.3, 0.4) is 0 Å². The van der Waals surface area contributed by atoms with Crippen molar-refractivity contribution in [1.82, 2.24) is 4.90 Å². The van der Waals surface area contributed by atoms with Crippen molar-refractivity contribution in [3.05, 3.63) is 17.7 Å². The fourth-order valence-corrected chi connectivity index (χ4v) is 2.83. The Labute approximate surface area is 120 Å². The highest BCUT2D eigenvalue weighted by molar-refractivity contribution is 5.53. The molecule has 0 aliphatic carbocycles. The van der Waals surface area contributed by atoms with Crippen LogP contribution in [0.2, 0.25) is 0 Å². The van der Waals surface area contributed by atoms with E-state index >= 15 is 0 Å². The molecule has 0 saturated carbocycles. The summed E-state index contributed by atoms with van der Waals surface area (Å²) in [5, 5.41) is 0. The van der Waals surface area contributed by atoms with Crippen LogP contribution in [-0.2, 0) is 6.54 Å². The van der Waals surface area contributed by atoms with Crippen LogP contribution in [0.15, 0.2) is 12.1 Å². The standard InChI is InChI=1S/C15H24N2O3/c1-18-13-7-11(8-14(19-2)15(13)20-3)10-17-6-4-5-12(17)9-16/h7-8,12H,4-6,9-10,16H2,1-3H3. The molecule has 5 nitrogen and oxygen atoms in total. The molecule has 0 bridgehead atoms. The maximum Gasteiger partial charge on any atom is 0.203 e. The SMILES string of the molecule is COc1cc(CN2CCCC2CN)cc(OC)c1OC. The summed E-state index contributed by atoms with van der Waals surface area (Å²) >= 11 is 0. The zero-order valence-corrected chi connectivity index (χ0v) is 12.5. The molecule has 1 aromatic carbocycles. The van der Waals surface area contributed by atoms with Crippen LogP contribution in [-0.4, -0.2) is 45.4 Å². The largest absolute Gasteiger partial charge is 0.493 e. The number of rotatable bonds is 6. The van der Waals surface area contributed by atoms with Gasteiger partial charge in [0, 0.05) is 19.1 Å². The highest BCUT2D eigenvalue weighted by Crippen LogP contribution is 2.38. The van der Waals surface area contributed by atoms with Gasteiger partial charge in [0.15, 0.2) is 11.5 Å². The Bertz CT molecular complexity index is 426. The van der Waals surface area contributed by atoms with Gasteiger partial charge in [-0.3, -0.25) is 4.90 Å². The molecule has 1 atom stereocenters. The highest BCUT2D eigenvalue weighted by Gasteiger charge is 2.24. The van der Waals surface area contributed by atoms with Crippen molar-refractivity contribution in [3.8, 4) is 17.2 Å². The van der Waals surface area contributed by atoms with Crippen LogP contribution in [0.5, 0.6) is 17.2 Å². The van der Waals surface area contributed by atoms with Gasteiger partial charge in [-0.2, -0.15) is 0 Å². The molecule has 2 rings (SSSR count). The lowest BCUT2D eigenvalue weighted by molar-refractivity contribution is 0.249. The molecule has 0 spiro atoms. The van der Waals surface area contributed by atoms with E-state index in [2.05, 4.69) is 4.90 Å². The number of nitrogens with two attached hydrogens (primary N) is 1. The molecular weight excluding hydrogens is 256 g/mol. The van der Waals surface area contributed by atoms with Gasteiger partial charge in [-0.25, -0.2) is 0 Å². The lowest BCUT2D eigenvalue weighted by Crippen LogP contribution is -2.34. The summed E-state index contributed by atoms with van der Waals surface area (Å²) in [6, 6.07) is 4.50. The van der Waals surface area contributed by atoms with E-state index < -0.39 is 0 Å². The van der Waals surface area contributed by atoms with Gasteiger partial charge in [-0.1, -0.05) is 0 Å². The van der Waals surface area contributed by atoms with Crippen molar-refractivity contribution in [2.45, 2.75) is 25.4 Å². The van der Waals surface area contributed by atoms with Gasteiger partial charge in [-0.05, 0) is 37.1 Å². The van der Waals surface area contributed by atoms with Crippen LogP contribution < -0.4 is 19.9 Å². The van der Waals surface area contributed by atoms with E-state index in [9.17, 15) is 0 Å². The van der Waals surface area contributed by atoms with Crippen LogP contribution in [0, 0.1) is 0 Å². The van der Waals surface area contributed by atoms with Gasteiger partial charge >= 0.3 is 0 Å². The van der Waals surface area contributed by atoms with E-state index in [0.717, 1.165) is 18.7 Å². The van der Waals surface area contributed by atoms with Crippen LogP contribution in [0.1, 0.15) is 18.4 Å². The van der Waals surface area contributed by atoms with Crippen molar-refractivity contribution in [2.24, 2.45) is 5.73 Å². The molecule has 112 valence electrons. The minimum absolute atomic E-state index is 0.481. The molecular formula is C15H24N2O3. The fraction of sp³-hybridized carbons (Fsp3) is 0.600. The quantitative estimate of drug-likeness (QED) is 0.858. The summed E-state index contributed by atoms with van der Waals surface area (Å²) in [6.07, 6.45) is 2.40. The zero-order valence-electron chi connectivity index (χ0n) is 12.5. The number of hydrogen-bond acceptors (Lipinski definition) is 5. The van der Waals surface area contributed by atoms with E-state index in [4.69, 9.17) is 19.9 Å². The summed E-state index contributed by atoms with van der Waals surface area (Å²) in [5.41, 5.74) is 6.98. The second-order valence-electron chi connectivity index (χ2n) is 5.04. The summed E-state index contributed by atoms with van der Waals surface area (Å²) in [6.45, 7) is 2.67. The molecule has 1 saturated heterocycles. The molecule has 0 amide bonds. The second kappa shape index (κ2) is 6.81. The van der Waals surface area contributed by atoms with Gasteiger partial charge < -0.3 is 19.9 Å². The average Bonchev–Trinajstić information content (AvgIpc) is 2.93. The average molecular weight is 280 g/mol. The Balaban J connectivity index is 2.23. The summed E-state index contributed by atoms with van der Waals surface area (Å²) < 4.78 is 16.1. The predicted octanol–water partition coefficient (Wildman–Crippen LogP) is 1.64. The number of benzene rings is 1. The molecule has 20 heavy (non-hydrogen) atoms. The van der Waals surface area contributed by atoms with Gasteiger partial charge in [-0.15, -0.1) is 0 Å². The monoisotopic (exact) mass is 280 g/mol. The van der Waals surface area contributed by atoms with Gasteiger partial charge in [0.2, 0.25) is 5.75 Å². The highest BCUT2D eigenvalue weighted by atomic mass is 16.5. The first-order valence-electron chi connectivity index (χ1n) is 6.96. The first-order valence-corrected chi connectivity index (χ1v) is 6.96. The van der Waals surface area contributed by atoms with Gasteiger partial charge in [0.25, 0.3) is 0 Å². The van der Waals surface area contributed by atoms with Gasteiger partial charge in [0.1, 0.15) is 0 Å². The summed E-state index contributed by atoms with van der Waals surface area (Å²) in [7, 11) is 4.89. The van der Waals surface area contributed by atoms with Crippen LogP contribution in [0.4, 0.5) is 0 Å². The van der Waals surface area contributed by atoms with Crippen molar-refractivity contribution in [3.63, 3.8) is 0 Å². The van der Waals surface area contributed by atoms with E-state index in [-0.39, 0.29) is 0 Å². The van der Waals surface area contributed by atoms with E-state index in [1.807, 2.05) is 12.1 Å². The van der Waals surface area contributed by atoms with E-state index in [1.165, 1.54) is 12.8 Å².